The van der Waals surface area contributed by atoms with E-state index in [2.05, 4.69) is 10.6 Å². The molecular formula is C16H26N2O4S. The van der Waals surface area contributed by atoms with Gasteiger partial charge >= 0.3 is 6.09 Å². The normalized spacial score (nSPS) is 11.8. The third-order valence-electron chi connectivity index (χ3n) is 2.80. The standard InChI is InChI=1S/C16H26N2O4S/c1-5-12-23(20,21)14-9-7-6-8-13(14)17-10-11-18-15(19)22-16(2,3)4/h6-9,17H,5,10-12H2,1-4H3,(H,18,19). The van der Waals surface area contributed by atoms with Crippen molar-refractivity contribution in [3.05, 3.63) is 24.3 Å². The summed E-state index contributed by atoms with van der Waals surface area (Å²) in [5, 5.41) is 5.67. The molecule has 0 radical (unpaired) electrons. The van der Waals surface area contributed by atoms with Crippen LogP contribution in [0.25, 0.3) is 0 Å². The fourth-order valence-corrected chi connectivity index (χ4v) is 3.46. The summed E-state index contributed by atoms with van der Waals surface area (Å²) in [5.74, 6) is 0.113. The van der Waals surface area contributed by atoms with E-state index in [1.165, 1.54) is 0 Å². The number of hydrogen-bond acceptors (Lipinski definition) is 5. The van der Waals surface area contributed by atoms with Gasteiger partial charge in [-0.25, -0.2) is 13.2 Å². The molecule has 1 amide bonds. The van der Waals surface area contributed by atoms with Gasteiger partial charge in [-0.2, -0.15) is 0 Å². The van der Waals surface area contributed by atoms with Gasteiger partial charge in [0.25, 0.3) is 0 Å². The molecule has 1 rings (SSSR count). The van der Waals surface area contributed by atoms with Crippen LogP contribution in [0.5, 0.6) is 0 Å². The quantitative estimate of drug-likeness (QED) is 0.744. The van der Waals surface area contributed by atoms with Crippen LogP contribution in [0.2, 0.25) is 0 Å². The summed E-state index contributed by atoms with van der Waals surface area (Å²) in [6.45, 7) is 7.94. The fourth-order valence-electron chi connectivity index (χ4n) is 1.94. The van der Waals surface area contributed by atoms with Crippen molar-refractivity contribution < 1.29 is 17.9 Å². The minimum Gasteiger partial charge on any atom is -0.444 e. The van der Waals surface area contributed by atoms with Crippen LogP contribution in [-0.4, -0.2) is 39.0 Å². The van der Waals surface area contributed by atoms with Crippen molar-refractivity contribution in [3.8, 4) is 0 Å². The molecule has 0 spiro atoms. The smallest absolute Gasteiger partial charge is 0.407 e. The van der Waals surface area contributed by atoms with E-state index in [0.29, 0.717) is 30.1 Å². The second kappa shape index (κ2) is 8.19. The van der Waals surface area contributed by atoms with E-state index in [1.807, 2.05) is 6.92 Å². The molecule has 0 fully saturated rings. The maximum atomic E-state index is 12.2. The minimum atomic E-state index is -3.29. The molecule has 130 valence electrons. The fraction of sp³-hybridized carbons (Fsp3) is 0.562. The summed E-state index contributed by atoms with van der Waals surface area (Å²) in [4.78, 5) is 11.8. The predicted molar refractivity (Wildman–Crippen MR) is 91.5 cm³/mol. The molecule has 1 aromatic carbocycles. The second-order valence-corrected chi connectivity index (χ2v) is 8.25. The summed E-state index contributed by atoms with van der Waals surface area (Å²) < 4.78 is 29.6. The monoisotopic (exact) mass is 342 g/mol. The first-order valence-corrected chi connectivity index (χ1v) is 9.33. The Hall–Kier alpha value is -1.76. The molecule has 0 unspecified atom stereocenters. The average molecular weight is 342 g/mol. The first kappa shape index (κ1) is 19.3. The van der Waals surface area contributed by atoms with Gasteiger partial charge in [0, 0.05) is 13.1 Å². The maximum absolute atomic E-state index is 12.2. The highest BCUT2D eigenvalue weighted by Crippen LogP contribution is 2.22. The lowest BCUT2D eigenvalue weighted by Crippen LogP contribution is -2.35. The van der Waals surface area contributed by atoms with Gasteiger partial charge in [0.05, 0.1) is 16.3 Å². The lowest BCUT2D eigenvalue weighted by Gasteiger charge is -2.20. The van der Waals surface area contributed by atoms with Crippen molar-refractivity contribution in [1.82, 2.24) is 5.32 Å². The van der Waals surface area contributed by atoms with Crippen LogP contribution >= 0.6 is 0 Å². The summed E-state index contributed by atoms with van der Waals surface area (Å²) in [6.07, 6.45) is 0.0721. The molecule has 0 aliphatic heterocycles. The van der Waals surface area contributed by atoms with Crippen molar-refractivity contribution in [2.24, 2.45) is 0 Å². The molecule has 6 nitrogen and oxygen atoms in total. The number of ether oxygens (including phenoxy) is 1. The SMILES string of the molecule is CCCS(=O)(=O)c1ccccc1NCCNC(=O)OC(C)(C)C. The number of alkyl carbamates (subject to hydrolysis) is 1. The van der Waals surface area contributed by atoms with E-state index in [-0.39, 0.29) is 5.75 Å². The minimum absolute atomic E-state index is 0.113. The number of nitrogens with one attached hydrogen (secondary N) is 2. The van der Waals surface area contributed by atoms with Gasteiger partial charge in [-0.3, -0.25) is 0 Å². The third kappa shape index (κ3) is 6.90. The topological polar surface area (TPSA) is 84.5 Å². The van der Waals surface area contributed by atoms with Gasteiger partial charge in [0.15, 0.2) is 9.84 Å². The molecule has 23 heavy (non-hydrogen) atoms. The Morgan fingerprint density at radius 2 is 1.83 bits per heavy atom. The Balaban J connectivity index is 2.58. The van der Waals surface area contributed by atoms with Crippen molar-refractivity contribution in [2.75, 3.05) is 24.2 Å². The molecule has 1 aromatic rings. The lowest BCUT2D eigenvalue weighted by molar-refractivity contribution is 0.0530. The first-order valence-electron chi connectivity index (χ1n) is 7.68. The molecule has 0 bridgehead atoms. The van der Waals surface area contributed by atoms with Crippen LogP contribution in [0.15, 0.2) is 29.2 Å². The Bertz CT molecular complexity index is 621. The van der Waals surface area contributed by atoms with Crippen LogP contribution in [0, 0.1) is 0 Å². The average Bonchev–Trinajstić information content (AvgIpc) is 2.42. The highest BCUT2D eigenvalue weighted by atomic mass is 32.2. The Labute approximate surface area is 138 Å². The summed E-state index contributed by atoms with van der Waals surface area (Å²) in [7, 11) is -3.29. The predicted octanol–water partition coefficient (Wildman–Crippen LogP) is 2.81. The zero-order chi connectivity index (χ0) is 17.5. The van der Waals surface area contributed by atoms with Crippen molar-refractivity contribution >= 4 is 21.6 Å². The number of rotatable bonds is 7. The molecule has 2 N–H and O–H groups in total. The van der Waals surface area contributed by atoms with E-state index < -0.39 is 21.5 Å². The van der Waals surface area contributed by atoms with Crippen molar-refractivity contribution in [1.29, 1.82) is 0 Å². The maximum Gasteiger partial charge on any atom is 0.407 e. The summed E-state index contributed by atoms with van der Waals surface area (Å²) in [5.41, 5.74) is 0.00478. The largest absolute Gasteiger partial charge is 0.444 e. The van der Waals surface area contributed by atoms with Crippen LogP contribution in [0.1, 0.15) is 34.1 Å². The highest BCUT2D eigenvalue weighted by molar-refractivity contribution is 7.91. The van der Waals surface area contributed by atoms with E-state index >= 15 is 0 Å². The molecule has 0 aromatic heterocycles. The van der Waals surface area contributed by atoms with Crippen molar-refractivity contribution in [3.63, 3.8) is 0 Å². The molecule has 7 heteroatoms. The summed E-state index contributed by atoms with van der Waals surface area (Å²) in [6, 6.07) is 6.78. The zero-order valence-electron chi connectivity index (χ0n) is 14.2. The number of carbonyl (C=O) groups is 1. The third-order valence-corrected chi connectivity index (χ3v) is 4.78. The number of benzene rings is 1. The van der Waals surface area contributed by atoms with Crippen LogP contribution < -0.4 is 10.6 Å². The van der Waals surface area contributed by atoms with E-state index in [9.17, 15) is 13.2 Å². The number of anilines is 1. The molecule has 0 saturated carbocycles. The molecular weight excluding hydrogens is 316 g/mol. The highest BCUT2D eigenvalue weighted by Gasteiger charge is 2.17. The lowest BCUT2D eigenvalue weighted by atomic mass is 10.2. The zero-order valence-corrected chi connectivity index (χ0v) is 15.0. The van der Waals surface area contributed by atoms with Gasteiger partial charge in [0.2, 0.25) is 0 Å². The van der Waals surface area contributed by atoms with Gasteiger partial charge in [0.1, 0.15) is 5.60 Å². The molecule has 0 aliphatic rings. The molecule has 0 heterocycles. The van der Waals surface area contributed by atoms with Gasteiger partial charge in [-0.05, 0) is 39.3 Å². The first-order chi connectivity index (χ1) is 10.7. The van der Waals surface area contributed by atoms with Gasteiger partial charge in [-0.1, -0.05) is 19.1 Å². The molecule has 0 saturated heterocycles. The van der Waals surface area contributed by atoms with Gasteiger partial charge < -0.3 is 15.4 Å². The molecule has 0 aliphatic carbocycles. The number of carbonyl (C=O) groups excluding carboxylic acids is 1. The second-order valence-electron chi connectivity index (χ2n) is 6.17. The van der Waals surface area contributed by atoms with E-state index in [4.69, 9.17) is 4.74 Å². The number of sulfone groups is 1. The van der Waals surface area contributed by atoms with Gasteiger partial charge in [-0.15, -0.1) is 0 Å². The van der Waals surface area contributed by atoms with Crippen molar-refractivity contribution in [2.45, 2.75) is 44.6 Å². The Morgan fingerprint density at radius 1 is 1.17 bits per heavy atom. The Kier molecular flexibility index (Phi) is 6.87. The summed E-state index contributed by atoms with van der Waals surface area (Å²) >= 11 is 0. The molecule has 0 atom stereocenters. The number of para-hydroxylation sites is 1. The van der Waals surface area contributed by atoms with E-state index in [1.54, 1.807) is 45.0 Å². The van der Waals surface area contributed by atoms with Crippen LogP contribution in [0.3, 0.4) is 0 Å². The number of hydrogen-bond donors (Lipinski definition) is 2. The van der Waals surface area contributed by atoms with Crippen LogP contribution in [0.4, 0.5) is 10.5 Å². The van der Waals surface area contributed by atoms with Crippen LogP contribution in [-0.2, 0) is 14.6 Å². The number of amides is 1. The Morgan fingerprint density at radius 3 is 2.43 bits per heavy atom. The van der Waals surface area contributed by atoms with E-state index in [0.717, 1.165) is 0 Å².